The Bertz CT molecular complexity index is 214. The maximum atomic E-state index is 11.1. The van der Waals surface area contributed by atoms with Crippen LogP contribution in [-0.4, -0.2) is 27.5 Å². The Balaban J connectivity index is 3.64. The van der Waals surface area contributed by atoms with Crippen molar-refractivity contribution < 1.29 is 8.42 Å². The Morgan fingerprint density at radius 3 is 2.31 bits per heavy atom. The molecule has 1 unspecified atom stereocenters. The molecule has 0 aliphatic rings. The second kappa shape index (κ2) is 6.31. The summed E-state index contributed by atoms with van der Waals surface area (Å²) in [5, 5.41) is 0. The second-order valence-electron chi connectivity index (χ2n) is 3.06. The van der Waals surface area contributed by atoms with Crippen LogP contribution in [0.5, 0.6) is 0 Å². The molecule has 0 aliphatic carbocycles. The van der Waals surface area contributed by atoms with Crippen molar-refractivity contribution in [1.29, 1.82) is 0 Å². The van der Waals surface area contributed by atoms with Crippen LogP contribution in [0.3, 0.4) is 0 Å². The van der Waals surface area contributed by atoms with Gasteiger partial charge < -0.3 is 5.73 Å². The highest BCUT2D eigenvalue weighted by molar-refractivity contribution is 7.87. The molecule has 5 nitrogen and oxygen atoms in total. The topological polar surface area (TPSA) is 84.2 Å². The van der Waals surface area contributed by atoms with Crippen molar-refractivity contribution in [2.75, 3.05) is 13.1 Å². The third-order valence-corrected chi connectivity index (χ3v) is 2.60. The minimum atomic E-state index is -3.29. The van der Waals surface area contributed by atoms with E-state index in [0.29, 0.717) is 19.5 Å². The molecule has 0 aliphatic heterocycles. The molecule has 0 fully saturated rings. The first-order valence-corrected chi connectivity index (χ1v) is 5.96. The van der Waals surface area contributed by atoms with Crippen molar-refractivity contribution in [3.8, 4) is 0 Å². The maximum Gasteiger partial charge on any atom is 0.276 e. The van der Waals surface area contributed by atoms with Crippen molar-refractivity contribution in [3.05, 3.63) is 0 Å². The molecule has 4 N–H and O–H groups in total. The fourth-order valence-corrected chi connectivity index (χ4v) is 1.67. The SMILES string of the molecule is CCCNS(=O)(=O)NCCC(C)N. The van der Waals surface area contributed by atoms with Gasteiger partial charge in [-0.15, -0.1) is 0 Å². The number of rotatable bonds is 7. The summed E-state index contributed by atoms with van der Waals surface area (Å²) in [4.78, 5) is 0. The molecule has 0 aromatic heterocycles. The van der Waals surface area contributed by atoms with Crippen molar-refractivity contribution in [3.63, 3.8) is 0 Å². The smallest absolute Gasteiger partial charge is 0.276 e. The van der Waals surface area contributed by atoms with Gasteiger partial charge in [-0.2, -0.15) is 8.42 Å². The molecule has 13 heavy (non-hydrogen) atoms. The van der Waals surface area contributed by atoms with Crippen LogP contribution in [0.15, 0.2) is 0 Å². The summed E-state index contributed by atoms with van der Waals surface area (Å²) in [5.41, 5.74) is 5.47. The van der Waals surface area contributed by atoms with Crippen LogP contribution in [0.25, 0.3) is 0 Å². The maximum absolute atomic E-state index is 11.1. The van der Waals surface area contributed by atoms with Crippen LogP contribution in [-0.2, 0) is 10.2 Å². The summed E-state index contributed by atoms with van der Waals surface area (Å²) in [7, 11) is -3.29. The van der Waals surface area contributed by atoms with Gasteiger partial charge in [-0.05, 0) is 19.8 Å². The molecule has 0 saturated carbocycles. The van der Waals surface area contributed by atoms with E-state index in [1.54, 1.807) is 0 Å². The molecule has 0 bridgehead atoms. The average molecular weight is 209 g/mol. The molecule has 6 heteroatoms. The first-order valence-electron chi connectivity index (χ1n) is 4.47. The highest BCUT2D eigenvalue weighted by atomic mass is 32.2. The molecule has 0 amide bonds. The van der Waals surface area contributed by atoms with Crippen LogP contribution in [0.1, 0.15) is 26.7 Å². The normalized spacial score (nSPS) is 14.4. The zero-order chi connectivity index (χ0) is 10.3. The van der Waals surface area contributed by atoms with Gasteiger partial charge in [-0.1, -0.05) is 6.92 Å². The predicted molar refractivity (Wildman–Crippen MR) is 53.5 cm³/mol. The van der Waals surface area contributed by atoms with Crippen molar-refractivity contribution in [2.45, 2.75) is 32.7 Å². The Labute approximate surface area is 80.3 Å². The Kier molecular flexibility index (Phi) is 6.23. The van der Waals surface area contributed by atoms with Crippen LogP contribution in [0.2, 0.25) is 0 Å². The van der Waals surface area contributed by atoms with Gasteiger partial charge in [0.2, 0.25) is 0 Å². The van der Waals surface area contributed by atoms with E-state index >= 15 is 0 Å². The van der Waals surface area contributed by atoms with Gasteiger partial charge in [-0.3, -0.25) is 0 Å². The number of hydrogen-bond acceptors (Lipinski definition) is 3. The van der Waals surface area contributed by atoms with Gasteiger partial charge in [0.25, 0.3) is 10.2 Å². The quantitative estimate of drug-likeness (QED) is 0.531. The third kappa shape index (κ3) is 8.17. The largest absolute Gasteiger partial charge is 0.328 e. The summed E-state index contributed by atoms with van der Waals surface area (Å²) >= 11 is 0. The monoisotopic (exact) mass is 209 g/mol. The Morgan fingerprint density at radius 1 is 1.31 bits per heavy atom. The summed E-state index contributed by atoms with van der Waals surface area (Å²) < 4.78 is 27.0. The van der Waals surface area contributed by atoms with Gasteiger partial charge in [-0.25, -0.2) is 9.44 Å². The summed E-state index contributed by atoms with van der Waals surface area (Å²) in [6.07, 6.45) is 1.43. The van der Waals surface area contributed by atoms with Crippen LogP contribution in [0, 0.1) is 0 Å². The molecule has 80 valence electrons. The average Bonchev–Trinajstić information content (AvgIpc) is 2.00. The summed E-state index contributed by atoms with van der Waals surface area (Å²) in [5.74, 6) is 0. The highest BCUT2D eigenvalue weighted by Gasteiger charge is 2.06. The minimum Gasteiger partial charge on any atom is -0.328 e. The van der Waals surface area contributed by atoms with Crippen LogP contribution in [0.4, 0.5) is 0 Å². The van der Waals surface area contributed by atoms with Crippen molar-refractivity contribution in [2.24, 2.45) is 5.73 Å². The standard InChI is InChI=1S/C7H19N3O2S/c1-3-5-9-13(11,12)10-6-4-7(2)8/h7,9-10H,3-6,8H2,1-2H3. The van der Waals surface area contributed by atoms with Crippen LogP contribution >= 0.6 is 0 Å². The van der Waals surface area contributed by atoms with E-state index in [9.17, 15) is 8.42 Å². The van der Waals surface area contributed by atoms with Crippen molar-refractivity contribution in [1.82, 2.24) is 9.44 Å². The Hall–Kier alpha value is -0.170. The van der Waals surface area contributed by atoms with Gasteiger partial charge >= 0.3 is 0 Å². The van der Waals surface area contributed by atoms with Gasteiger partial charge in [0, 0.05) is 19.1 Å². The van der Waals surface area contributed by atoms with Crippen molar-refractivity contribution >= 4 is 10.2 Å². The zero-order valence-electron chi connectivity index (χ0n) is 8.21. The number of nitrogens with one attached hydrogen (secondary N) is 2. The van der Waals surface area contributed by atoms with E-state index in [1.807, 2.05) is 13.8 Å². The van der Waals surface area contributed by atoms with Gasteiger partial charge in [0.1, 0.15) is 0 Å². The lowest BCUT2D eigenvalue weighted by Crippen LogP contribution is -2.38. The third-order valence-electron chi connectivity index (χ3n) is 1.43. The molecule has 0 rings (SSSR count). The van der Waals surface area contributed by atoms with Crippen LogP contribution < -0.4 is 15.2 Å². The molecule has 0 heterocycles. The lowest BCUT2D eigenvalue weighted by Gasteiger charge is -2.08. The number of hydrogen-bond donors (Lipinski definition) is 3. The molecule has 0 radical (unpaired) electrons. The van der Waals surface area contributed by atoms with E-state index < -0.39 is 10.2 Å². The molecule has 0 aromatic carbocycles. The fourth-order valence-electron chi connectivity index (χ4n) is 0.708. The van der Waals surface area contributed by atoms with E-state index in [-0.39, 0.29) is 6.04 Å². The van der Waals surface area contributed by atoms with E-state index in [0.717, 1.165) is 6.42 Å². The number of nitrogens with two attached hydrogens (primary N) is 1. The predicted octanol–water partition coefficient (Wildman–Crippen LogP) is -0.442. The molecule has 0 spiro atoms. The van der Waals surface area contributed by atoms with Gasteiger partial charge in [0.15, 0.2) is 0 Å². The molecular weight excluding hydrogens is 190 g/mol. The highest BCUT2D eigenvalue weighted by Crippen LogP contribution is 1.85. The van der Waals surface area contributed by atoms with E-state index in [2.05, 4.69) is 9.44 Å². The summed E-state index contributed by atoms with van der Waals surface area (Å²) in [6, 6.07) is 0.0221. The van der Waals surface area contributed by atoms with E-state index in [4.69, 9.17) is 5.73 Å². The van der Waals surface area contributed by atoms with E-state index in [1.165, 1.54) is 0 Å². The van der Waals surface area contributed by atoms with Gasteiger partial charge in [0.05, 0.1) is 0 Å². The molecular formula is C7H19N3O2S. The lowest BCUT2D eigenvalue weighted by atomic mass is 10.3. The first kappa shape index (κ1) is 12.8. The fraction of sp³-hybridized carbons (Fsp3) is 1.00. The summed E-state index contributed by atoms with van der Waals surface area (Å²) in [6.45, 7) is 4.60. The zero-order valence-corrected chi connectivity index (χ0v) is 9.02. The molecule has 0 saturated heterocycles. The molecule has 1 atom stereocenters. The minimum absolute atomic E-state index is 0.0221. The molecule has 0 aromatic rings. The lowest BCUT2D eigenvalue weighted by molar-refractivity contribution is 0.557. The first-order chi connectivity index (χ1) is 5.98. The Morgan fingerprint density at radius 2 is 1.85 bits per heavy atom. The second-order valence-corrected chi connectivity index (χ2v) is 4.64.